The third-order valence-corrected chi connectivity index (χ3v) is 4.38. The first-order valence-corrected chi connectivity index (χ1v) is 8.73. The van der Waals surface area contributed by atoms with E-state index in [1.807, 2.05) is 12.1 Å². The predicted molar refractivity (Wildman–Crippen MR) is 110 cm³/mol. The molecule has 3 N–H and O–H groups in total. The first kappa shape index (κ1) is 20.0. The molecular weight excluding hydrogens is 453 g/mol. The van der Waals surface area contributed by atoms with Crippen LogP contribution in [0.1, 0.15) is 44.4 Å². The summed E-state index contributed by atoms with van der Waals surface area (Å²) in [6, 6.07) is 7.74. The van der Waals surface area contributed by atoms with Gasteiger partial charge in [-0.15, -0.1) is 24.0 Å². The van der Waals surface area contributed by atoms with E-state index in [0.29, 0.717) is 28.7 Å². The molecular formula is C17H23ClIN5O. The lowest BCUT2D eigenvalue weighted by Gasteiger charge is -2.16. The molecule has 0 unspecified atom stereocenters. The van der Waals surface area contributed by atoms with E-state index in [2.05, 4.69) is 20.4 Å². The Hall–Kier alpha value is -1.35. The lowest BCUT2D eigenvalue weighted by molar-refractivity contribution is 0.380. The van der Waals surface area contributed by atoms with Crippen molar-refractivity contribution in [3.05, 3.63) is 35.2 Å². The molecule has 8 heteroatoms. The SMILES string of the molecule is I.NC(=NCc1nc(-c2cccc(Cl)c2)no1)NC1CCCCCC1. The van der Waals surface area contributed by atoms with Crippen molar-refractivity contribution in [3.63, 3.8) is 0 Å². The first-order valence-electron chi connectivity index (χ1n) is 8.36. The number of aromatic nitrogens is 2. The van der Waals surface area contributed by atoms with Gasteiger partial charge in [-0.2, -0.15) is 4.98 Å². The number of benzene rings is 1. The van der Waals surface area contributed by atoms with Crippen LogP contribution in [0.4, 0.5) is 0 Å². The molecule has 136 valence electrons. The number of rotatable bonds is 4. The highest BCUT2D eigenvalue weighted by Gasteiger charge is 2.13. The average Bonchev–Trinajstić information content (AvgIpc) is 2.91. The van der Waals surface area contributed by atoms with Crippen LogP contribution in [-0.2, 0) is 6.54 Å². The second-order valence-corrected chi connectivity index (χ2v) is 6.49. The molecule has 0 bridgehead atoms. The minimum absolute atomic E-state index is 0. The van der Waals surface area contributed by atoms with Crippen molar-refractivity contribution in [2.24, 2.45) is 10.7 Å². The molecule has 1 aliphatic carbocycles. The molecule has 1 aromatic carbocycles. The summed E-state index contributed by atoms with van der Waals surface area (Å²) in [6.45, 7) is 0.263. The lowest BCUT2D eigenvalue weighted by Crippen LogP contribution is -2.39. The van der Waals surface area contributed by atoms with E-state index >= 15 is 0 Å². The zero-order valence-corrected chi connectivity index (χ0v) is 17.0. The van der Waals surface area contributed by atoms with Gasteiger partial charge in [0.2, 0.25) is 11.7 Å². The lowest BCUT2D eigenvalue weighted by atomic mass is 10.1. The zero-order valence-electron chi connectivity index (χ0n) is 13.9. The van der Waals surface area contributed by atoms with Gasteiger partial charge in [-0.3, -0.25) is 0 Å². The van der Waals surface area contributed by atoms with Crippen LogP contribution in [0.2, 0.25) is 5.02 Å². The van der Waals surface area contributed by atoms with Crippen molar-refractivity contribution >= 4 is 41.5 Å². The molecule has 1 fully saturated rings. The summed E-state index contributed by atoms with van der Waals surface area (Å²) >= 11 is 5.98. The summed E-state index contributed by atoms with van der Waals surface area (Å²) < 4.78 is 5.22. The summed E-state index contributed by atoms with van der Waals surface area (Å²) in [5, 5.41) is 7.89. The van der Waals surface area contributed by atoms with Crippen molar-refractivity contribution < 1.29 is 4.52 Å². The van der Waals surface area contributed by atoms with Crippen molar-refractivity contribution in [1.29, 1.82) is 0 Å². The first-order chi connectivity index (χ1) is 11.7. The molecule has 25 heavy (non-hydrogen) atoms. The van der Waals surface area contributed by atoms with Crippen molar-refractivity contribution in [1.82, 2.24) is 15.5 Å². The Morgan fingerprint density at radius 3 is 2.76 bits per heavy atom. The standard InChI is InChI=1S/C17H22ClN5O.HI/c18-13-7-5-6-12(10-13)16-22-15(24-23-16)11-20-17(19)21-14-8-3-1-2-4-9-14;/h5-7,10,14H,1-4,8-9,11H2,(H3,19,20,21);1H. The fraction of sp³-hybridized carbons (Fsp3) is 0.471. The Bertz CT molecular complexity index is 698. The maximum absolute atomic E-state index is 5.98. The fourth-order valence-corrected chi connectivity index (χ4v) is 3.09. The second kappa shape index (κ2) is 9.96. The highest BCUT2D eigenvalue weighted by atomic mass is 127. The van der Waals surface area contributed by atoms with Crippen LogP contribution >= 0.6 is 35.6 Å². The topological polar surface area (TPSA) is 89.3 Å². The van der Waals surface area contributed by atoms with Crippen LogP contribution in [0.15, 0.2) is 33.8 Å². The predicted octanol–water partition coefficient (Wildman–Crippen LogP) is 4.14. The third-order valence-electron chi connectivity index (χ3n) is 4.14. The van der Waals surface area contributed by atoms with Gasteiger partial charge in [-0.1, -0.05) is 54.6 Å². The van der Waals surface area contributed by atoms with Gasteiger partial charge >= 0.3 is 0 Å². The van der Waals surface area contributed by atoms with Crippen molar-refractivity contribution in [2.75, 3.05) is 0 Å². The highest BCUT2D eigenvalue weighted by Crippen LogP contribution is 2.20. The van der Waals surface area contributed by atoms with Gasteiger partial charge in [0, 0.05) is 16.6 Å². The maximum atomic E-state index is 5.98. The van der Waals surface area contributed by atoms with E-state index in [1.54, 1.807) is 12.1 Å². The van der Waals surface area contributed by atoms with E-state index in [4.69, 9.17) is 21.9 Å². The van der Waals surface area contributed by atoms with Crippen molar-refractivity contribution in [3.8, 4) is 11.4 Å². The molecule has 0 amide bonds. The van der Waals surface area contributed by atoms with Crippen LogP contribution < -0.4 is 11.1 Å². The normalized spacial score (nSPS) is 16.1. The fourth-order valence-electron chi connectivity index (χ4n) is 2.90. The summed E-state index contributed by atoms with van der Waals surface area (Å²) in [5.41, 5.74) is 6.78. The molecule has 0 atom stereocenters. The summed E-state index contributed by atoms with van der Waals surface area (Å²) in [6.07, 6.45) is 7.41. The molecule has 0 aliphatic heterocycles. The molecule has 0 saturated heterocycles. The van der Waals surface area contributed by atoms with Crippen molar-refractivity contribution in [2.45, 2.75) is 51.1 Å². The Morgan fingerprint density at radius 1 is 1.28 bits per heavy atom. The Morgan fingerprint density at radius 2 is 2.04 bits per heavy atom. The molecule has 2 aromatic rings. The molecule has 1 aromatic heterocycles. The smallest absolute Gasteiger partial charge is 0.248 e. The quantitative estimate of drug-likeness (QED) is 0.300. The van der Waals surface area contributed by atoms with Gasteiger partial charge in [-0.25, -0.2) is 4.99 Å². The number of halogens is 2. The number of hydrogen-bond donors (Lipinski definition) is 2. The van der Waals surface area contributed by atoms with Gasteiger partial charge < -0.3 is 15.6 Å². The summed E-state index contributed by atoms with van der Waals surface area (Å²) in [5.74, 6) is 1.36. The summed E-state index contributed by atoms with van der Waals surface area (Å²) in [7, 11) is 0. The molecule has 1 saturated carbocycles. The van der Waals surface area contributed by atoms with E-state index in [9.17, 15) is 0 Å². The number of guanidine groups is 1. The maximum Gasteiger partial charge on any atom is 0.248 e. The van der Waals surface area contributed by atoms with Gasteiger partial charge in [0.25, 0.3) is 0 Å². The number of nitrogens with two attached hydrogens (primary N) is 1. The van der Waals surface area contributed by atoms with Gasteiger partial charge in [0.15, 0.2) is 5.96 Å². The van der Waals surface area contributed by atoms with Crippen LogP contribution in [-0.4, -0.2) is 22.1 Å². The van der Waals surface area contributed by atoms with E-state index in [1.165, 1.54) is 25.7 Å². The van der Waals surface area contributed by atoms with Gasteiger partial charge in [0.05, 0.1) is 0 Å². The second-order valence-electron chi connectivity index (χ2n) is 6.06. The Labute approximate surface area is 169 Å². The average molecular weight is 476 g/mol. The number of aliphatic imine (C=N–C) groups is 1. The Kier molecular flexibility index (Phi) is 7.95. The molecule has 0 spiro atoms. The third kappa shape index (κ3) is 6.14. The molecule has 3 rings (SSSR count). The van der Waals surface area contributed by atoms with Crippen LogP contribution in [0.3, 0.4) is 0 Å². The molecule has 1 heterocycles. The number of nitrogens with zero attached hydrogens (tertiary/aromatic N) is 3. The summed E-state index contributed by atoms with van der Waals surface area (Å²) in [4.78, 5) is 8.63. The van der Waals surface area contributed by atoms with Crippen LogP contribution in [0.5, 0.6) is 0 Å². The Balaban J connectivity index is 0.00000225. The minimum atomic E-state index is 0. The monoisotopic (exact) mass is 475 g/mol. The minimum Gasteiger partial charge on any atom is -0.370 e. The molecule has 1 aliphatic rings. The molecule has 0 radical (unpaired) electrons. The van der Waals surface area contributed by atoms with E-state index in [-0.39, 0.29) is 30.5 Å². The van der Waals surface area contributed by atoms with Crippen LogP contribution in [0, 0.1) is 0 Å². The highest BCUT2D eigenvalue weighted by molar-refractivity contribution is 14.0. The zero-order chi connectivity index (χ0) is 16.8. The van der Waals surface area contributed by atoms with Gasteiger partial charge in [-0.05, 0) is 25.0 Å². The van der Waals surface area contributed by atoms with Crippen LogP contribution in [0.25, 0.3) is 11.4 Å². The van der Waals surface area contributed by atoms with Gasteiger partial charge in [0.1, 0.15) is 6.54 Å². The number of nitrogens with one attached hydrogen (secondary N) is 1. The number of hydrogen-bond acceptors (Lipinski definition) is 4. The van der Waals surface area contributed by atoms with E-state index < -0.39 is 0 Å². The molecule has 6 nitrogen and oxygen atoms in total. The van der Waals surface area contributed by atoms with E-state index in [0.717, 1.165) is 18.4 Å². The largest absolute Gasteiger partial charge is 0.370 e.